The Labute approximate surface area is 130 Å². The van der Waals surface area contributed by atoms with Gasteiger partial charge in [0.1, 0.15) is 12.0 Å². The third-order valence-corrected chi connectivity index (χ3v) is 3.02. The summed E-state index contributed by atoms with van der Waals surface area (Å²) >= 11 is 0. The predicted molar refractivity (Wildman–Crippen MR) is 82.4 cm³/mol. The van der Waals surface area contributed by atoms with Crippen molar-refractivity contribution in [2.24, 2.45) is 5.11 Å². The van der Waals surface area contributed by atoms with Gasteiger partial charge >= 0.3 is 0 Å². The highest BCUT2D eigenvalue weighted by Gasteiger charge is 2.14. The lowest BCUT2D eigenvalue weighted by atomic mass is 10.2. The van der Waals surface area contributed by atoms with E-state index >= 15 is 0 Å². The molecule has 1 N–H and O–H groups in total. The van der Waals surface area contributed by atoms with Crippen LogP contribution in [0.15, 0.2) is 35.7 Å². The highest BCUT2D eigenvalue weighted by atomic mass is 16.6. The molecule has 0 aliphatic rings. The quantitative estimate of drug-likeness (QED) is 0.199. The van der Waals surface area contributed by atoms with Crippen LogP contribution in [0.25, 0.3) is 10.4 Å². The molecule has 10 heteroatoms. The molecule has 0 saturated carbocycles. The minimum atomic E-state index is -0.541. The maximum atomic E-state index is 11.1. The molecule has 23 heavy (non-hydrogen) atoms. The van der Waals surface area contributed by atoms with E-state index in [-0.39, 0.29) is 17.9 Å². The lowest BCUT2D eigenvalue weighted by molar-refractivity contribution is -0.383. The molecule has 2 rings (SSSR count). The Balaban J connectivity index is 2.02. The average molecular weight is 315 g/mol. The van der Waals surface area contributed by atoms with Crippen molar-refractivity contribution in [3.05, 3.63) is 56.7 Å². The molecule has 1 heterocycles. The second-order valence-electron chi connectivity index (χ2n) is 4.56. The number of nitro groups is 1. The Kier molecular flexibility index (Phi) is 5.26. The maximum Gasteiger partial charge on any atom is 0.292 e. The number of aromatic nitrogens is 2. The van der Waals surface area contributed by atoms with E-state index in [0.717, 1.165) is 11.8 Å². The topological polar surface area (TPSA) is 139 Å². The fourth-order valence-electron chi connectivity index (χ4n) is 1.99. The molecule has 0 radical (unpaired) electrons. The van der Waals surface area contributed by atoms with Crippen molar-refractivity contribution in [1.29, 1.82) is 0 Å². The lowest BCUT2D eigenvalue weighted by Crippen LogP contribution is -2.06. The maximum absolute atomic E-state index is 11.1. The van der Waals surface area contributed by atoms with Gasteiger partial charge in [-0.25, -0.2) is 0 Å². The fraction of sp³-hybridized carbons (Fsp3) is 0.231. The third kappa shape index (κ3) is 4.29. The molecular weight excluding hydrogens is 302 g/mol. The van der Waals surface area contributed by atoms with Gasteiger partial charge in [-0.1, -0.05) is 11.2 Å². The van der Waals surface area contributed by atoms with Crippen LogP contribution in [0.5, 0.6) is 0 Å². The van der Waals surface area contributed by atoms with Crippen molar-refractivity contribution in [2.75, 3.05) is 11.9 Å². The van der Waals surface area contributed by atoms with E-state index in [4.69, 9.17) is 5.53 Å². The summed E-state index contributed by atoms with van der Waals surface area (Å²) in [5.74, 6) is 0. The van der Waals surface area contributed by atoms with Gasteiger partial charge in [-0.2, -0.15) is 5.10 Å². The van der Waals surface area contributed by atoms with Crippen LogP contribution in [-0.4, -0.2) is 27.5 Å². The number of nitrogens with zero attached hydrogens (tertiary/aromatic N) is 6. The molecule has 0 atom stereocenters. The number of nitrogens with one attached hydrogen (secondary N) is 1. The zero-order valence-electron chi connectivity index (χ0n) is 12.0. The van der Waals surface area contributed by atoms with Gasteiger partial charge in [0.2, 0.25) is 0 Å². The molecule has 10 nitrogen and oxygen atoms in total. The van der Waals surface area contributed by atoms with Crippen LogP contribution in [-0.2, 0) is 17.8 Å². The van der Waals surface area contributed by atoms with Gasteiger partial charge in [0.15, 0.2) is 0 Å². The molecule has 0 fully saturated rings. The number of carbonyl (C=O) groups is 1. The molecule has 1 aromatic carbocycles. The van der Waals surface area contributed by atoms with Crippen LogP contribution >= 0.6 is 0 Å². The van der Waals surface area contributed by atoms with Crippen molar-refractivity contribution in [3.63, 3.8) is 0 Å². The van der Waals surface area contributed by atoms with Crippen molar-refractivity contribution in [2.45, 2.75) is 13.0 Å². The monoisotopic (exact) mass is 315 g/mol. The van der Waals surface area contributed by atoms with Gasteiger partial charge in [0.05, 0.1) is 17.7 Å². The Hall–Kier alpha value is -3.39. The molecular formula is C13H13N7O3. The summed E-state index contributed by atoms with van der Waals surface area (Å²) in [5, 5.41) is 21.4. The summed E-state index contributed by atoms with van der Waals surface area (Å²) in [6, 6.07) is 4.21. The van der Waals surface area contributed by atoms with E-state index in [9.17, 15) is 14.9 Å². The Bertz CT molecular complexity index is 765. The number of anilines is 1. The molecule has 0 bridgehead atoms. The average Bonchev–Trinajstić information content (AvgIpc) is 2.96. The number of rotatable bonds is 8. The summed E-state index contributed by atoms with van der Waals surface area (Å²) < 4.78 is 1.51. The van der Waals surface area contributed by atoms with E-state index in [2.05, 4.69) is 20.4 Å². The van der Waals surface area contributed by atoms with Gasteiger partial charge in [0.25, 0.3) is 5.69 Å². The number of azide groups is 1. The molecule has 1 aromatic heterocycles. The van der Waals surface area contributed by atoms with Gasteiger partial charge in [-0.3, -0.25) is 14.8 Å². The van der Waals surface area contributed by atoms with Crippen LogP contribution in [0, 0.1) is 10.1 Å². The summed E-state index contributed by atoms with van der Waals surface area (Å²) in [6.07, 6.45) is 4.73. The van der Waals surface area contributed by atoms with Crippen LogP contribution in [0.3, 0.4) is 0 Å². The lowest BCUT2D eigenvalue weighted by Gasteiger charge is -2.06. The second-order valence-corrected chi connectivity index (χ2v) is 4.56. The Morgan fingerprint density at radius 1 is 1.52 bits per heavy atom. The minimum absolute atomic E-state index is 0.161. The van der Waals surface area contributed by atoms with Crippen LogP contribution in [0.1, 0.15) is 5.56 Å². The van der Waals surface area contributed by atoms with Gasteiger partial charge in [-0.15, -0.1) is 0 Å². The molecule has 118 valence electrons. The van der Waals surface area contributed by atoms with Crippen LogP contribution < -0.4 is 5.32 Å². The predicted octanol–water partition coefficient (Wildman–Crippen LogP) is 2.59. The first-order valence-electron chi connectivity index (χ1n) is 6.66. The van der Waals surface area contributed by atoms with Crippen LogP contribution in [0.4, 0.5) is 17.1 Å². The molecule has 0 amide bonds. The number of hydrogen-bond acceptors (Lipinski definition) is 6. The molecule has 2 aromatic rings. The van der Waals surface area contributed by atoms with Gasteiger partial charge < -0.3 is 10.1 Å². The summed E-state index contributed by atoms with van der Waals surface area (Å²) in [6.45, 7) is 0.647. The molecule has 0 saturated heterocycles. The normalized spacial score (nSPS) is 9.91. The standard InChI is InChI=1S/C13H13N7O3/c14-18-17-11-1-2-12(13(7-11)20(22)23)15-4-3-10-8-16-19(9-10)5-6-21/h1-2,6-9,15H,3-5H2. The molecule has 0 aliphatic carbocycles. The summed E-state index contributed by atoms with van der Waals surface area (Å²) in [5.41, 5.74) is 9.64. The fourth-order valence-corrected chi connectivity index (χ4v) is 1.99. The number of aldehydes is 1. The number of benzene rings is 1. The van der Waals surface area contributed by atoms with Crippen molar-refractivity contribution >= 4 is 23.3 Å². The van der Waals surface area contributed by atoms with E-state index in [1.165, 1.54) is 22.9 Å². The largest absolute Gasteiger partial charge is 0.379 e. The first-order chi connectivity index (χ1) is 11.1. The van der Waals surface area contributed by atoms with Gasteiger partial charge in [0, 0.05) is 29.4 Å². The van der Waals surface area contributed by atoms with Gasteiger partial charge in [-0.05, 0) is 23.6 Å². The number of nitro benzene ring substituents is 1. The highest BCUT2D eigenvalue weighted by molar-refractivity contribution is 5.66. The zero-order valence-corrected chi connectivity index (χ0v) is 12.0. The minimum Gasteiger partial charge on any atom is -0.379 e. The molecule has 0 unspecified atom stereocenters. The van der Waals surface area contributed by atoms with E-state index in [0.29, 0.717) is 18.7 Å². The Morgan fingerprint density at radius 3 is 3.04 bits per heavy atom. The smallest absolute Gasteiger partial charge is 0.292 e. The van der Waals surface area contributed by atoms with E-state index in [1.54, 1.807) is 12.4 Å². The van der Waals surface area contributed by atoms with Crippen molar-refractivity contribution in [1.82, 2.24) is 9.78 Å². The SMILES string of the molecule is [N-]=[N+]=Nc1ccc(NCCc2cnn(CC=O)c2)c([N+](=O)[O-])c1. The first-order valence-corrected chi connectivity index (χ1v) is 6.66. The number of carbonyl (C=O) groups excluding carboxylic acids is 1. The number of hydrogen-bond donors (Lipinski definition) is 1. The highest BCUT2D eigenvalue weighted by Crippen LogP contribution is 2.29. The summed E-state index contributed by atoms with van der Waals surface area (Å²) in [4.78, 5) is 23.5. The van der Waals surface area contributed by atoms with Crippen molar-refractivity contribution in [3.8, 4) is 0 Å². The first kappa shape index (κ1) is 16.0. The Morgan fingerprint density at radius 2 is 2.35 bits per heavy atom. The zero-order chi connectivity index (χ0) is 16.7. The van der Waals surface area contributed by atoms with E-state index < -0.39 is 4.92 Å². The molecule has 0 aliphatic heterocycles. The van der Waals surface area contributed by atoms with Crippen LogP contribution in [0.2, 0.25) is 0 Å². The third-order valence-electron chi connectivity index (χ3n) is 3.02. The molecule has 0 spiro atoms. The second kappa shape index (κ2) is 7.57. The van der Waals surface area contributed by atoms with Crippen molar-refractivity contribution < 1.29 is 9.72 Å². The van der Waals surface area contributed by atoms with E-state index in [1.807, 2.05) is 0 Å². The summed E-state index contributed by atoms with van der Waals surface area (Å²) in [7, 11) is 0.